The fraction of sp³-hybridized carbons (Fsp3) is 1.00. The van der Waals surface area contributed by atoms with Gasteiger partial charge in [0.1, 0.15) is 0 Å². The molecule has 0 aromatic carbocycles. The second kappa shape index (κ2) is 5.44. The maximum Gasteiger partial charge on any atom is 0.0501 e. The summed E-state index contributed by atoms with van der Waals surface area (Å²) in [4.78, 5) is 0. The van der Waals surface area contributed by atoms with Gasteiger partial charge < -0.3 is 5.32 Å². The van der Waals surface area contributed by atoms with Crippen LogP contribution in [0.1, 0.15) is 51.9 Å². The molecule has 88 valence electrons. The van der Waals surface area contributed by atoms with Crippen molar-refractivity contribution < 1.29 is 4.21 Å². The zero-order valence-electron chi connectivity index (χ0n) is 9.71. The quantitative estimate of drug-likeness (QED) is 0.690. The van der Waals surface area contributed by atoms with E-state index in [4.69, 9.17) is 0 Å². The molecular formula is C12H23NOS. The molecule has 0 radical (unpaired) electrons. The summed E-state index contributed by atoms with van der Waals surface area (Å²) in [5.74, 6) is 0.912. The van der Waals surface area contributed by atoms with Crippen molar-refractivity contribution in [1.29, 1.82) is 0 Å². The van der Waals surface area contributed by atoms with Crippen LogP contribution in [0.2, 0.25) is 0 Å². The summed E-state index contributed by atoms with van der Waals surface area (Å²) < 4.78 is 12.1. The van der Waals surface area contributed by atoms with Crippen LogP contribution in [0.4, 0.5) is 0 Å². The zero-order valence-corrected chi connectivity index (χ0v) is 10.5. The summed E-state index contributed by atoms with van der Waals surface area (Å²) in [6, 6.07) is 1.09. The number of hydrogen-bond acceptors (Lipinski definition) is 2. The highest BCUT2D eigenvalue weighted by Gasteiger charge is 2.31. The highest BCUT2D eigenvalue weighted by Crippen LogP contribution is 2.24. The average Bonchev–Trinajstić information content (AvgIpc) is 2.29. The molecule has 0 aromatic rings. The van der Waals surface area contributed by atoms with E-state index in [1.165, 1.54) is 38.5 Å². The number of rotatable bonds is 0. The van der Waals surface area contributed by atoms with Gasteiger partial charge in [-0.1, -0.05) is 25.7 Å². The number of hydrogen-bond donors (Lipinski definition) is 1. The van der Waals surface area contributed by atoms with Gasteiger partial charge in [0, 0.05) is 28.6 Å². The van der Waals surface area contributed by atoms with Crippen LogP contribution in [-0.4, -0.2) is 27.3 Å². The summed E-state index contributed by atoms with van der Waals surface area (Å²) in [7, 11) is -0.576. The maximum absolute atomic E-state index is 12.1. The Labute approximate surface area is 95.7 Å². The van der Waals surface area contributed by atoms with E-state index in [0.29, 0.717) is 17.3 Å². The van der Waals surface area contributed by atoms with Crippen molar-refractivity contribution in [3.63, 3.8) is 0 Å². The van der Waals surface area contributed by atoms with Gasteiger partial charge in [-0.05, 0) is 26.2 Å². The lowest BCUT2D eigenvalue weighted by Crippen LogP contribution is -2.43. The lowest BCUT2D eigenvalue weighted by Gasteiger charge is -2.28. The first-order chi connectivity index (χ1) is 7.27. The molecule has 0 bridgehead atoms. The number of fused-ring (bicyclic) bond motifs is 1. The summed E-state index contributed by atoms with van der Waals surface area (Å²) in [6.07, 6.45) is 8.81. The van der Waals surface area contributed by atoms with Crippen LogP contribution in [0, 0.1) is 0 Å². The first-order valence-electron chi connectivity index (χ1n) is 6.40. The molecule has 0 amide bonds. The van der Waals surface area contributed by atoms with Gasteiger partial charge in [0.15, 0.2) is 0 Å². The molecule has 1 aliphatic carbocycles. The molecule has 2 fully saturated rings. The van der Waals surface area contributed by atoms with E-state index in [1.54, 1.807) is 0 Å². The molecule has 1 saturated carbocycles. The van der Waals surface area contributed by atoms with Crippen molar-refractivity contribution in [2.45, 2.75) is 69.2 Å². The third-order valence-electron chi connectivity index (χ3n) is 3.79. The van der Waals surface area contributed by atoms with E-state index in [-0.39, 0.29) is 0 Å². The van der Waals surface area contributed by atoms with Crippen molar-refractivity contribution in [2.75, 3.05) is 5.75 Å². The third kappa shape index (κ3) is 3.04. The van der Waals surface area contributed by atoms with Crippen molar-refractivity contribution in [1.82, 2.24) is 5.32 Å². The SMILES string of the molecule is CC1CCS(=O)C2CCCCCCC2N1. The van der Waals surface area contributed by atoms with Crippen LogP contribution in [0.25, 0.3) is 0 Å². The van der Waals surface area contributed by atoms with E-state index in [1.807, 2.05) is 0 Å². The summed E-state index contributed by atoms with van der Waals surface area (Å²) in [5.41, 5.74) is 0. The molecule has 2 rings (SSSR count). The molecule has 1 N–H and O–H groups in total. The van der Waals surface area contributed by atoms with Gasteiger partial charge in [0.25, 0.3) is 0 Å². The Bertz CT molecular complexity index is 232. The predicted octanol–water partition coefficient (Wildman–Crippen LogP) is 2.21. The van der Waals surface area contributed by atoms with Crippen LogP contribution >= 0.6 is 0 Å². The lowest BCUT2D eigenvalue weighted by molar-refractivity contribution is 0.369. The van der Waals surface area contributed by atoms with Crippen LogP contribution in [-0.2, 0) is 10.8 Å². The normalized spacial score (nSPS) is 43.5. The van der Waals surface area contributed by atoms with Crippen molar-refractivity contribution >= 4 is 10.8 Å². The first-order valence-corrected chi connectivity index (χ1v) is 7.79. The van der Waals surface area contributed by atoms with E-state index in [2.05, 4.69) is 12.2 Å². The zero-order chi connectivity index (χ0) is 10.7. The monoisotopic (exact) mass is 229 g/mol. The topological polar surface area (TPSA) is 29.1 Å². The minimum atomic E-state index is -0.576. The van der Waals surface area contributed by atoms with Crippen LogP contribution in [0.15, 0.2) is 0 Å². The molecule has 3 heteroatoms. The Balaban J connectivity index is 2.07. The highest BCUT2D eigenvalue weighted by molar-refractivity contribution is 7.85. The molecule has 0 aromatic heterocycles. The van der Waals surface area contributed by atoms with E-state index < -0.39 is 10.8 Å². The summed E-state index contributed by atoms with van der Waals surface area (Å²) in [5, 5.41) is 4.13. The molecule has 1 aliphatic heterocycles. The van der Waals surface area contributed by atoms with Gasteiger partial charge in [-0.3, -0.25) is 4.21 Å². The Morgan fingerprint density at radius 3 is 2.60 bits per heavy atom. The Kier molecular flexibility index (Phi) is 4.21. The van der Waals surface area contributed by atoms with Crippen molar-refractivity contribution in [3.8, 4) is 0 Å². The second-order valence-corrected chi connectivity index (χ2v) is 6.85. The van der Waals surface area contributed by atoms with Gasteiger partial charge in [0.05, 0.1) is 5.25 Å². The van der Waals surface area contributed by atoms with Gasteiger partial charge in [-0.2, -0.15) is 0 Å². The number of nitrogens with one attached hydrogen (secondary N) is 1. The molecule has 1 heterocycles. The van der Waals surface area contributed by atoms with Crippen molar-refractivity contribution in [3.05, 3.63) is 0 Å². The summed E-state index contributed by atoms with van der Waals surface area (Å²) in [6.45, 7) is 2.23. The van der Waals surface area contributed by atoms with E-state index in [9.17, 15) is 4.21 Å². The van der Waals surface area contributed by atoms with E-state index >= 15 is 0 Å². The Morgan fingerprint density at radius 2 is 1.80 bits per heavy atom. The fourth-order valence-corrected chi connectivity index (χ4v) is 4.75. The maximum atomic E-state index is 12.1. The van der Waals surface area contributed by atoms with Gasteiger partial charge in [0.2, 0.25) is 0 Å². The molecule has 15 heavy (non-hydrogen) atoms. The molecule has 0 spiro atoms. The smallest absolute Gasteiger partial charge is 0.0501 e. The van der Waals surface area contributed by atoms with Gasteiger partial charge in [-0.15, -0.1) is 0 Å². The van der Waals surface area contributed by atoms with Gasteiger partial charge in [-0.25, -0.2) is 0 Å². The van der Waals surface area contributed by atoms with Crippen molar-refractivity contribution in [2.24, 2.45) is 0 Å². The molecule has 2 aliphatic rings. The molecule has 2 nitrogen and oxygen atoms in total. The molecular weight excluding hydrogens is 206 g/mol. The average molecular weight is 229 g/mol. The second-order valence-electron chi connectivity index (χ2n) is 5.08. The minimum Gasteiger partial charge on any atom is -0.310 e. The minimum absolute atomic E-state index is 0.440. The highest BCUT2D eigenvalue weighted by atomic mass is 32.2. The third-order valence-corrected chi connectivity index (χ3v) is 5.67. The molecule has 4 unspecified atom stereocenters. The molecule has 4 atom stereocenters. The standard InChI is InChI=1S/C12H23NOS/c1-10-8-9-15(14)12-7-5-3-2-4-6-11(12)13-10/h10-13H,2-9H2,1H3. The van der Waals surface area contributed by atoms with Crippen LogP contribution < -0.4 is 5.32 Å². The largest absolute Gasteiger partial charge is 0.310 e. The Morgan fingerprint density at radius 1 is 1.07 bits per heavy atom. The Hall–Kier alpha value is 0.110. The van der Waals surface area contributed by atoms with E-state index in [0.717, 1.165) is 12.2 Å². The first kappa shape index (κ1) is 11.6. The molecule has 1 saturated heterocycles. The van der Waals surface area contributed by atoms with Crippen LogP contribution in [0.5, 0.6) is 0 Å². The van der Waals surface area contributed by atoms with Crippen LogP contribution in [0.3, 0.4) is 0 Å². The fourth-order valence-electron chi connectivity index (χ4n) is 2.85. The lowest BCUT2D eigenvalue weighted by atomic mass is 9.95. The predicted molar refractivity (Wildman–Crippen MR) is 65.5 cm³/mol. The summed E-state index contributed by atoms with van der Waals surface area (Å²) >= 11 is 0. The van der Waals surface area contributed by atoms with Gasteiger partial charge >= 0.3 is 0 Å².